The van der Waals surface area contributed by atoms with Gasteiger partial charge in [-0.1, -0.05) is 18.2 Å². The van der Waals surface area contributed by atoms with Crippen molar-refractivity contribution in [3.05, 3.63) is 58.4 Å². The van der Waals surface area contributed by atoms with Gasteiger partial charge in [0.15, 0.2) is 0 Å². The van der Waals surface area contributed by atoms with Crippen LogP contribution in [0.4, 0.5) is 4.39 Å². The molecule has 19 heavy (non-hydrogen) atoms. The Morgan fingerprint density at radius 3 is 2.95 bits per heavy atom. The molecule has 98 valence electrons. The molecule has 2 N–H and O–H groups in total. The van der Waals surface area contributed by atoms with Gasteiger partial charge >= 0.3 is 0 Å². The second-order valence-corrected chi connectivity index (χ2v) is 3.98. The summed E-state index contributed by atoms with van der Waals surface area (Å²) in [6, 6.07) is 8.79. The van der Waals surface area contributed by atoms with Gasteiger partial charge in [0.1, 0.15) is 6.67 Å². The number of carbonyl (C=O) groups excluding carboxylic acids is 1. The number of H-pyrrole nitrogens is 1. The predicted molar refractivity (Wildman–Crippen MR) is 71.5 cm³/mol. The van der Waals surface area contributed by atoms with Crippen LogP contribution < -0.4 is 10.9 Å². The first-order valence-corrected chi connectivity index (χ1v) is 5.82. The molecule has 1 heterocycles. The van der Waals surface area contributed by atoms with Crippen LogP contribution in [0.1, 0.15) is 5.56 Å². The second-order valence-electron chi connectivity index (χ2n) is 3.98. The number of pyridine rings is 1. The summed E-state index contributed by atoms with van der Waals surface area (Å²) < 4.78 is 11.9. The third-order valence-electron chi connectivity index (χ3n) is 2.65. The number of aromatic amines is 1. The van der Waals surface area contributed by atoms with Gasteiger partial charge in [0.2, 0.25) is 11.5 Å². The lowest BCUT2D eigenvalue weighted by atomic mass is 10.1. The first-order chi connectivity index (χ1) is 9.20. The zero-order valence-corrected chi connectivity index (χ0v) is 10.2. The Balaban J connectivity index is 2.23. The Morgan fingerprint density at radius 2 is 2.16 bits per heavy atom. The summed E-state index contributed by atoms with van der Waals surface area (Å²) in [5.74, 6) is -0.387. The topological polar surface area (TPSA) is 62.0 Å². The minimum atomic E-state index is -0.679. The summed E-state index contributed by atoms with van der Waals surface area (Å²) in [5.41, 5.74) is 1.22. The van der Waals surface area contributed by atoms with Crippen molar-refractivity contribution in [2.24, 2.45) is 0 Å². The summed E-state index contributed by atoms with van der Waals surface area (Å²) in [4.78, 5) is 25.6. The van der Waals surface area contributed by atoms with Gasteiger partial charge in [-0.25, -0.2) is 4.39 Å². The number of hydrogen-bond acceptors (Lipinski definition) is 2. The maximum absolute atomic E-state index is 11.9. The molecule has 2 rings (SSSR count). The van der Waals surface area contributed by atoms with E-state index in [0.717, 1.165) is 28.6 Å². The minimum absolute atomic E-state index is 0.220. The van der Waals surface area contributed by atoms with Gasteiger partial charge in [-0.15, -0.1) is 0 Å². The Hall–Kier alpha value is -2.43. The maximum atomic E-state index is 11.9. The molecular weight excluding hydrogens is 247 g/mol. The number of para-hydroxylation sites is 1. The van der Waals surface area contributed by atoms with Crippen molar-refractivity contribution in [1.29, 1.82) is 0 Å². The van der Waals surface area contributed by atoms with E-state index in [2.05, 4.69) is 10.3 Å². The summed E-state index contributed by atoms with van der Waals surface area (Å²) in [6.07, 6.45) is 2.26. The first-order valence-electron chi connectivity index (χ1n) is 5.82. The zero-order chi connectivity index (χ0) is 13.7. The first kappa shape index (κ1) is 13.0. The molecule has 1 amide bonds. The number of amides is 1. The van der Waals surface area contributed by atoms with E-state index in [9.17, 15) is 14.0 Å². The van der Waals surface area contributed by atoms with Crippen molar-refractivity contribution in [3.8, 4) is 0 Å². The fraction of sp³-hybridized carbons (Fsp3) is 0.143. The molecule has 0 aliphatic heterocycles. The standard InChI is InChI=1S/C14H13FN2O2/c15-7-3-6-13(18)16-9-10-8-14(19)17-12-5-2-1-4-11(10)12/h1-6,8H,7,9H2,(H,16,18)(H,17,19)/b6-3+. The van der Waals surface area contributed by atoms with Crippen molar-refractivity contribution in [3.63, 3.8) is 0 Å². The number of hydrogen-bond donors (Lipinski definition) is 2. The van der Waals surface area contributed by atoms with E-state index in [1.54, 1.807) is 6.07 Å². The smallest absolute Gasteiger partial charge is 0.248 e. The van der Waals surface area contributed by atoms with Crippen LogP contribution in [0, 0.1) is 0 Å². The highest BCUT2D eigenvalue weighted by atomic mass is 19.1. The molecule has 0 spiro atoms. The van der Waals surface area contributed by atoms with Gasteiger partial charge in [-0.05, 0) is 17.7 Å². The number of allylic oxidation sites excluding steroid dienone is 1. The Morgan fingerprint density at radius 1 is 1.37 bits per heavy atom. The molecule has 4 nitrogen and oxygen atoms in total. The lowest BCUT2D eigenvalue weighted by Gasteiger charge is -2.06. The Bertz CT molecular complexity index is 676. The number of benzene rings is 1. The van der Waals surface area contributed by atoms with E-state index in [1.165, 1.54) is 6.07 Å². The van der Waals surface area contributed by atoms with E-state index in [-0.39, 0.29) is 18.0 Å². The van der Waals surface area contributed by atoms with Gasteiger partial charge in [0.05, 0.1) is 0 Å². The number of alkyl halides is 1. The normalized spacial score (nSPS) is 11.0. The number of halogens is 1. The number of aromatic nitrogens is 1. The van der Waals surface area contributed by atoms with Crippen LogP contribution in [0.15, 0.2) is 47.3 Å². The predicted octanol–water partition coefficient (Wildman–Crippen LogP) is 1.67. The lowest BCUT2D eigenvalue weighted by Crippen LogP contribution is -2.21. The van der Waals surface area contributed by atoms with Gasteiger partial charge in [-0.3, -0.25) is 9.59 Å². The molecule has 0 saturated carbocycles. The third-order valence-corrected chi connectivity index (χ3v) is 2.65. The number of fused-ring (bicyclic) bond motifs is 1. The molecule has 0 unspecified atom stereocenters. The largest absolute Gasteiger partial charge is 0.348 e. The second kappa shape index (κ2) is 5.95. The molecule has 1 aromatic carbocycles. The highest BCUT2D eigenvalue weighted by Crippen LogP contribution is 2.13. The molecule has 0 aliphatic carbocycles. The molecule has 0 radical (unpaired) electrons. The molecule has 5 heteroatoms. The summed E-state index contributed by atoms with van der Waals surface area (Å²) in [5, 5.41) is 3.48. The average Bonchev–Trinajstić information content (AvgIpc) is 2.42. The molecule has 2 aromatic rings. The number of carbonyl (C=O) groups is 1. The summed E-state index contributed by atoms with van der Waals surface area (Å²) in [6.45, 7) is -0.457. The van der Waals surface area contributed by atoms with Gasteiger partial charge in [0.25, 0.3) is 0 Å². The zero-order valence-electron chi connectivity index (χ0n) is 10.2. The highest BCUT2D eigenvalue weighted by molar-refractivity contribution is 5.88. The Labute approximate surface area is 109 Å². The van der Waals surface area contributed by atoms with Crippen LogP contribution in [-0.4, -0.2) is 17.6 Å². The molecule has 0 saturated heterocycles. The lowest BCUT2D eigenvalue weighted by molar-refractivity contribution is -0.116. The quantitative estimate of drug-likeness (QED) is 0.821. The summed E-state index contributed by atoms with van der Waals surface area (Å²) in [7, 11) is 0. The number of rotatable bonds is 4. The summed E-state index contributed by atoms with van der Waals surface area (Å²) >= 11 is 0. The van der Waals surface area contributed by atoms with E-state index < -0.39 is 6.67 Å². The van der Waals surface area contributed by atoms with E-state index in [4.69, 9.17) is 0 Å². The van der Waals surface area contributed by atoms with Crippen LogP contribution in [-0.2, 0) is 11.3 Å². The molecule has 0 aliphatic rings. The molecule has 0 atom stereocenters. The van der Waals surface area contributed by atoms with E-state index in [1.807, 2.05) is 18.2 Å². The molecule has 0 bridgehead atoms. The molecular formula is C14H13FN2O2. The van der Waals surface area contributed by atoms with Crippen LogP contribution in [0.5, 0.6) is 0 Å². The van der Waals surface area contributed by atoms with Gasteiger partial charge in [0, 0.05) is 29.6 Å². The Kier molecular flexibility index (Phi) is 4.07. The van der Waals surface area contributed by atoms with Crippen LogP contribution in [0.2, 0.25) is 0 Å². The minimum Gasteiger partial charge on any atom is -0.348 e. The third kappa shape index (κ3) is 3.28. The van der Waals surface area contributed by atoms with Gasteiger partial charge < -0.3 is 10.3 Å². The van der Waals surface area contributed by atoms with Crippen LogP contribution in [0.3, 0.4) is 0 Å². The van der Waals surface area contributed by atoms with Gasteiger partial charge in [-0.2, -0.15) is 0 Å². The monoisotopic (exact) mass is 260 g/mol. The van der Waals surface area contributed by atoms with Crippen molar-refractivity contribution in [1.82, 2.24) is 10.3 Å². The maximum Gasteiger partial charge on any atom is 0.248 e. The molecule has 1 aromatic heterocycles. The molecule has 0 fully saturated rings. The van der Waals surface area contributed by atoms with Crippen molar-refractivity contribution >= 4 is 16.8 Å². The number of nitrogens with one attached hydrogen (secondary N) is 2. The highest BCUT2D eigenvalue weighted by Gasteiger charge is 2.03. The van der Waals surface area contributed by atoms with Crippen molar-refractivity contribution in [2.45, 2.75) is 6.54 Å². The van der Waals surface area contributed by atoms with Crippen LogP contribution >= 0.6 is 0 Å². The fourth-order valence-corrected chi connectivity index (χ4v) is 1.82. The van der Waals surface area contributed by atoms with Crippen molar-refractivity contribution in [2.75, 3.05) is 6.67 Å². The SMILES string of the molecule is O=C(/C=C/CF)NCc1cc(=O)[nH]c2ccccc12. The van der Waals surface area contributed by atoms with E-state index in [0.29, 0.717) is 0 Å². The fourth-order valence-electron chi connectivity index (χ4n) is 1.82. The van der Waals surface area contributed by atoms with Crippen molar-refractivity contribution < 1.29 is 9.18 Å². The van der Waals surface area contributed by atoms with E-state index >= 15 is 0 Å². The average molecular weight is 260 g/mol. The van der Waals surface area contributed by atoms with Crippen LogP contribution in [0.25, 0.3) is 10.9 Å².